The average Bonchev–Trinajstić information content (AvgIpc) is 4.14. The molecule has 0 saturated carbocycles. The number of hydrogen-bond donors (Lipinski definition) is 4. The van der Waals surface area contributed by atoms with Crippen LogP contribution in [0.3, 0.4) is 0 Å². The highest BCUT2D eigenvalue weighted by atomic mass is 16.5. The van der Waals surface area contributed by atoms with Crippen LogP contribution in [-0.2, 0) is 36.6 Å². The summed E-state index contributed by atoms with van der Waals surface area (Å²) >= 11 is 0. The molecular weight excluding hydrogens is 763 g/mol. The molecule has 0 radical (unpaired) electrons. The third-order valence-electron chi connectivity index (χ3n) is 12.9. The maximum atomic E-state index is 14.2. The molecule has 8 rings (SSSR count). The van der Waals surface area contributed by atoms with E-state index in [4.69, 9.17) is 19.2 Å². The lowest BCUT2D eigenvalue weighted by molar-refractivity contribution is -0.136. The Morgan fingerprint density at radius 3 is 1.97 bits per heavy atom. The summed E-state index contributed by atoms with van der Waals surface area (Å²) in [6.45, 7) is 6.08. The summed E-state index contributed by atoms with van der Waals surface area (Å²) in [6, 6.07) is 15.4. The molecule has 3 fully saturated rings. The Morgan fingerprint density at radius 2 is 1.33 bits per heavy atom. The number of carbonyl (C=O) groups is 4. The summed E-state index contributed by atoms with van der Waals surface area (Å²) in [6.07, 6.45) is 8.94. The Balaban J connectivity index is 0.975. The van der Waals surface area contributed by atoms with Crippen LogP contribution in [0.2, 0.25) is 0 Å². The van der Waals surface area contributed by atoms with Gasteiger partial charge in [0.2, 0.25) is 11.8 Å². The topological polar surface area (TPSA) is 171 Å². The van der Waals surface area contributed by atoms with Gasteiger partial charge in [-0.05, 0) is 97.1 Å². The van der Waals surface area contributed by atoms with Crippen LogP contribution in [0.1, 0.15) is 93.5 Å². The monoisotopic (exact) mass is 819 g/mol. The molecular formula is C46H57N7O7. The van der Waals surface area contributed by atoms with E-state index in [0.29, 0.717) is 26.3 Å². The number of aromatic nitrogens is 3. The maximum absolute atomic E-state index is 14.2. The molecule has 2 aromatic heterocycles. The summed E-state index contributed by atoms with van der Waals surface area (Å²) in [4.78, 5) is 68.0. The Hall–Kier alpha value is -5.63. The second kappa shape index (κ2) is 17.9. The van der Waals surface area contributed by atoms with Crippen molar-refractivity contribution in [1.82, 2.24) is 35.4 Å². The number of ether oxygens (including phenoxy) is 3. The second-order valence-corrected chi connectivity index (χ2v) is 16.9. The van der Waals surface area contributed by atoms with Crippen LogP contribution in [0.25, 0.3) is 33.6 Å². The SMILES string of the molecule is COC(=O)NC(C(=O)N1CCCC1c1[nH]c(-c2ccc(-c3ccc(-c4cnc([C@@H]5CCCN5C(=O)[C@@H](NC(=O)OC)C(C)C)[nH]4)cc3)cc2)c2c1CCCC2)C1CCOC1. The van der Waals surface area contributed by atoms with Gasteiger partial charge in [0.25, 0.3) is 0 Å². The van der Waals surface area contributed by atoms with Gasteiger partial charge < -0.3 is 44.6 Å². The molecule has 5 atom stereocenters. The largest absolute Gasteiger partial charge is 0.453 e. The van der Waals surface area contributed by atoms with E-state index >= 15 is 0 Å². The fourth-order valence-corrected chi connectivity index (χ4v) is 9.70. The molecule has 3 saturated heterocycles. The van der Waals surface area contributed by atoms with Crippen LogP contribution in [0, 0.1) is 11.8 Å². The summed E-state index contributed by atoms with van der Waals surface area (Å²) in [7, 11) is 2.62. The Morgan fingerprint density at radius 1 is 0.733 bits per heavy atom. The zero-order chi connectivity index (χ0) is 41.9. The standard InChI is InChI=1S/C46H57N7O7/c1-27(2)38(50-45(56)58-3)43(54)53-23-8-12-37(53)42-47-25-35(48-42)30-17-13-28(14-18-30)29-15-19-31(20-16-29)39-33-9-5-6-10-34(33)41(49-39)36-11-7-22-52(36)44(55)40(51-46(57)59-4)32-21-24-60-26-32/h13-20,25,27,32,36-38,40,49H,5-12,21-24,26H2,1-4H3,(H,47,48)(H,50,56)(H,51,57)/t32?,36?,37-,38-,40?/m0/s1. The lowest BCUT2D eigenvalue weighted by Gasteiger charge is -2.31. The van der Waals surface area contributed by atoms with Gasteiger partial charge in [-0.25, -0.2) is 14.6 Å². The molecule has 1 aliphatic carbocycles. The molecule has 60 heavy (non-hydrogen) atoms. The summed E-state index contributed by atoms with van der Waals surface area (Å²) < 4.78 is 15.3. The number of likely N-dealkylation sites (tertiary alicyclic amines) is 2. The van der Waals surface area contributed by atoms with E-state index < -0.39 is 24.3 Å². The highest BCUT2D eigenvalue weighted by molar-refractivity contribution is 5.87. The number of rotatable bonds is 11. The predicted octanol–water partition coefficient (Wildman–Crippen LogP) is 7.09. The van der Waals surface area contributed by atoms with Gasteiger partial charge in [0.05, 0.1) is 44.8 Å². The van der Waals surface area contributed by atoms with Crippen molar-refractivity contribution in [3.8, 4) is 33.6 Å². The summed E-state index contributed by atoms with van der Waals surface area (Å²) in [5.41, 5.74) is 10.1. The normalized spacial score (nSPS) is 21.1. The van der Waals surface area contributed by atoms with Crippen molar-refractivity contribution in [1.29, 1.82) is 0 Å². The number of nitrogens with one attached hydrogen (secondary N) is 4. The number of hydrogen-bond acceptors (Lipinski definition) is 8. The number of alkyl carbamates (subject to hydrolysis) is 2. The molecule has 4 amide bonds. The number of amides is 4. The number of aromatic amines is 2. The van der Waals surface area contributed by atoms with E-state index in [1.807, 2.05) is 29.8 Å². The van der Waals surface area contributed by atoms with Crippen LogP contribution in [0.5, 0.6) is 0 Å². The van der Waals surface area contributed by atoms with Gasteiger partial charge in [0.15, 0.2) is 0 Å². The third kappa shape index (κ3) is 8.26. The first-order valence-electron chi connectivity index (χ1n) is 21.5. The van der Waals surface area contributed by atoms with Gasteiger partial charge >= 0.3 is 12.2 Å². The maximum Gasteiger partial charge on any atom is 0.407 e. The fourth-order valence-electron chi connectivity index (χ4n) is 9.70. The van der Waals surface area contributed by atoms with Crippen molar-refractivity contribution in [2.45, 2.75) is 95.8 Å². The number of carbonyl (C=O) groups excluding carboxylic acids is 4. The Bertz CT molecular complexity index is 2170. The lowest BCUT2D eigenvalue weighted by Crippen LogP contribution is -2.52. The molecule has 3 aliphatic heterocycles. The van der Waals surface area contributed by atoms with Gasteiger partial charge in [0, 0.05) is 37.0 Å². The minimum absolute atomic E-state index is 0.0685. The minimum Gasteiger partial charge on any atom is -0.453 e. The second-order valence-electron chi connectivity index (χ2n) is 16.9. The van der Waals surface area contributed by atoms with Crippen molar-refractivity contribution in [3.05, 3.63) is 77.4 Å². The minimum atomic E-state index is -0.689. The molecule has 2 aromatic carbocycles. The van der Waals surface area contributed by atoms with Crippen LogP contribution in [0.4, 0.5) is 9.59 Å². The Labute approximate surface area is 351 Å². The van der Waals surface area contributed by atoms with Crippen LogP contribution in [-0.4, -0.2) is 101 Å². The van der Waals surface area contributed by atoms with E-state index in [1.165, 1.54) is 25.3 Å². The molecule has 5 heterocycles. The molecule has 0 spiro atoms. The first-order valence-corrected chi connectivity index (χ1v) is 21.5. The number of H-pyrrole nitrogens is 2. The number of nitrogens with zero attached hydrogens (tertiary/aromatic N) is 3. The van der Waals surface area contributed by atoms with E-state index in [2.05, 4.69) is 69.1 Å². The molecule has 4 N–H and O–H groups in total. The fraction of sp³-hybridized carbons (Fsp3) is 0.500. The van der Waals surface area contributed by atoms with E-state index in [0.717, 1.165) is 103 Å². The third-order valence-corrected chi connectivity index (χ3v) is 12.9. The van der Waals surface area contributed by atoms with E-state index in [-0.39, 0.29) is 35.7 Å². The predicted molar refractivity (Wildman–Crippen MR) is 226 cm³/mol. The smallest absolute Gasteiger partial charge is 0.407 e. The molecule has 4 aromatic rings. The number of benzene rings is 2. The average molecular weight is 820 g/mol. The summed E-state index contributed by atoms with van der Waals surface area (Å²) in [5.74, 6) is 0.339. The highest BCUT2D eigenvalue weighted by Gasteiger charge is 2.42. The summed E-state index contributed by atoms with van der Waals surface area (Å²) in [5, 5.41) is 5.54. The van der Waals surface area contributed by atoms with Crippen LogP contribution < -0.4 is 10.6 Å². The van der Waals surface area contributed by atoms with Gasteiger partial charge in [-0.3, -0.25) is 9.59 Å². The molecule has 14 nitrogen and oxygen atoms in total. The van der Waals surface area contributed by atoms with Crippen molar-refractivity contribution >= 4 is 24.0 Å². The highest BCUT2D eigenvalue weighted by Crippen LogP contribution is 2.42. The van der Waals surface area contributed by atoms with Crippen LogP contribution in [0.15, 0.2) is 54.7 Å². The number of fused-ring (bicyclic) bond motifs is 1. The number of imidazole rings is 1. The molecule has 4 aliphatic rings. The van der Waals surface area contributed by atoms with Gasteiger partial charge in [0.1, 0.15) is 17.9 Å². The van der Waals surface area contributed by atoms with Gasteiger partial charge in [-0.1, -0.05) is 62.4 Å². The first-order chi connectivity index (χ1) is 29.1. The number of methoxy groups -OCH3 is 2. The molecule has 318 valence electrons. The first kappa shape index (κ1) is 41.1. The van der Waals surface area contributed by atoms with Gasteiger partial charge in [-0.2, -0.15) is 0 Å². The Kier molecular flexibility index (Phi) is 12.3. The van der Waals surface area contributed by atoms with Gasteiger partial charge in [-0.15, -0.1) is 0 Å². The lowest BCUT2D eigenvalue weighted by atomic mass is 9.88. The molecule has 14 heteroatoms. The van der Waals surface area contributed by atoms with E-state index in [9.17, 15) is 19.2 Å². The quantitative estimate of drug-likeness (QED) is 0.124. The van der Waals surface area contributed by atoms with Crippen molar-refractivity contribution in [2.75, 3.05) is 40.5 Å². The zero-order valence-corrected chi connectivity index (χ0v) is 35.1. The molecule has 0 bridgehead atoms. The van der Waals surface area contributed by atoms with Crippen molar-refractivity contribution in [2.24, 2.45) is 11.8 Å². The molecule has 3 unspecified atom stereocenters. The van der Waals surface area contributed by atoms with E-state index in [1.54, 1.807) is 0 Å². The van der Waals surface area contributed by atoms with Crippen molar-refractivity contribution < 1.29 is 33.4 Å². The zero-order valence-electron chi connectivity index (χ0n) is 35.1. The van der Waals surface area contributed by atoms with Crippen molar-refractivity contribution in [3.63, 3.8) is 0 Å². The van der Waals surface area contributed by atoms with Crippen LogP contribution >= 0.6 is 0 Å².